The smallest absolute Gasteiger partial charge is 0.303 e. The Morgan fingerprint density at radius 1 is 0.423 bits per heavy atom. The maximum atomic E-state index is 13.8. The average Bonchev–Trinajstić information content (AvgIpc) is 1.58. The minimum absolute atomic E-state index is 0.0148. The van der Waals surface area contributed by atoms with E-state index in [0.717, 1.165) is 40.0 Å². The van der Waals surface area contributed by atoms with Gasteiger partial charge in [0, 0.05) is 132 Å². The summed E-state index contributed by atoms with van der Waals surface area (Å²) in [5, 5.41) is 16.1. The van der Waals surface area contributed by atoms with E-state index in [2.05, 4.69) is 15.2 Å². The van der Waals surface area contributed by atoms with Gasteiger partial charge in [0.05, 0.1) is 42.8 Å². The van der Waals surface area contributed by atoms with E-state index in [9.17, 15) is 110 Å². The van der Waals surface area contributed by atoms with Crippen LogP contribution >= 0.6 is 0 Å². The summed E-state index contributed by atoms with van der Waals surface area (Å²) in [6.07, 6.45) is 17.2. The summed E-state index contributed by atoms with van der Waals surface area (Å²) in [6.45, 7) is 14.5. The highest BCUT2D eigenvalue weighted by molar-refractivity contribution is 7.87. The number of allylic oxidation sites excluding steroid dienone is 10. The van der Waals surface area contributed by atoms with Crippen LogP contribution in [0.25, 0.3) is 21.5 Å². The summed E-state index contributed by atoms with van der Waals surface area (Å²) < 4.78 is 248. The van der Waals surface area contributed by atoms with Crippen LogP contribution in [0.15, 0.2) is 195 Å². The van der Waals surface area contributed by atoms with Crippen LogP contribution in [0.4, 0.5) is 22.7 Å². The monoisotopic (exact) mass is 1830 g/mol. The molecule has 0 radical (unpaired) electrons. The molecule has 1 atom stereocenters. The molecule has 4 aliphatic heterocycles. The van der Waals surface area contributed by atoms with Crippen molar-refractivity contribution in [3.63, 3.8) is 0 Å². The second kappa shape index (κ2) is 36.2. The fraction of sp³-hybridized carbons (Fsp3) is 0.376. The van der Waals surface area contributed by atoms with Crippen LogP contribution in [0.2, 0.25) is 0 Å². The highest BCUT2D eigenvalue weighted by Crippen LogP contribution is 2.55. The molecule has 0 aromatic heterocycles. The molecular weight excluding hydrogens is 1730 g/mol. The topological polar surface area (TPSA) is 489 Å². The van der Waals surface area contributed by atoms with Gasteiger partial charge in [-0.2, -0.15) is 68.1 Å². The summed E-state index contributed by atoms with van der Waals surface area (Å²) in [6, 6.07) is 29.1. The number of amides is 2. The Morgan fingerprint density at radius 3 is 1.55 bits per heavy atom. The second-order valence-electron chi connectivity index (χ2n) is 32.9. The molecule has 660 valence electrons. The molecule has 2 amide bonds. The molecule has 123 heavy (non-hydrogen) atoms. The summed E-state index contributed by atoms with van der Waals surface area (Å²) in [5.74, 6) is -3.34. The van der Waals surface area contributed by atoms with Gasteiger partial charge in [-0.3, -0.25) is 46.3 Å². The Hall–Kier alpha value is -9.52. The minimum atomic E-state index is -5.10. The number of carboxylic acid groups (broad SMARTS) is 1. The zero-order chi connectivity index (χ0) is 90.2. The molecular formula is C85H100N6O25S7+2. The van der Waals surface area contributed by atoms with Gasteiger partial charge >= 0.3 is 5.97 Å². The molecule has 0 saturated heterocycles. The second-order valence-corrected chi connectivity index (χ2v) is 43.3. The number of hydrogen-bond donors (Lipinski definition) is 10. The van der Waals surface area contributed by atoms with E-state index in [1.54, 1.807) is 90.7 Å². The maximum Gasteiger partial charge on any atom is 0.303 e. The van der Waals surface area contributed by atoms with Gasteiger partial charge in [-0.1, -0.05) is 74.5 Å². The van der Waals surface area contributed by atoms with E-state index in [1.165, 1.54) is 36.4 Å². The number of carbonyl (C=O) groups excluding carboxylic acids is 2. The zero-order valence-corrected chi connectivity index (χ0v) is 74.3. The molecule has 7 aromatic rings. The molecule has 7 aromatic carbocycles. The number of unbranched alkanes of at least 4 members (excludes halogenated alkanes) is 4. The minimum Gasteiger partial charge on any atom is -0.481 e. The summed E-state index contributed by atoms with van der Waals surface area (Å²) in [5.41, 5.74) is 5.64. The van der Waals surface area contributed by atoms with Gasteiger partial charge in [0.2, 0.25) is 17.3 Å². The average molecular weight is 1830 g/mol. The van der Waals surface area contributed by atoms with Gasteiger partial charge in [0.25, 0.3) is 76.7 Å². The predicted octanol–water partition coefficient (Wildman–Crippen LogP) is 12.4. The zero-order valence-electron chi connectivity index (χ0n) is 68.6. The largest absolute Gasteiger partial charge is 0.481 e. The van der Waals surface area contributed by atoms with Crippen molar-refractivity contribution in [1.29, 1.82) is 0 Å². The van der Waals surface area contributed by atoms with Gasteiger partial charge in [-0.15, -0.1) is 0 Å². The van der Waals surface area contributed by atoms with Crippen molar-refractivity contribution < 1.29 is 119 Å². The Bertz CT molecular complexity index is 6530. The molecule has 0 saturated carbocycles. The van der Waals surface area contributed by atoms with E-state index in [-0.39, 0.29) is 98.7 Å². The van der Waals surface area contributed by atoms with Gasteiger partial charge in [0.15, 0.2) is 11.4 Å². The standard InChI is InChI=1S/C85H98N6O25S7/c1-82(2)66-49-57(29-37-68(66)89(44-19-47-118(99,100)101)73(82)23-17-24-74-83(3,4)67-52-61(121(108,109)110)35-39-69(67)88(74)42-16-10-14-26-78(93)94)55-87-81(95)59-30-27-56(28-31-59)54-86-77(92)25-13-9-15-43-90-70-40-36-63-65(51-62(122(111,112)113)53-72(63)123(114,115)116)79(70)84(5,6)75(90)21-11-8-12-22-76-85(7,41-18-46-117(96,97)98)80-64-50-60(120(105,106)107)34-32-58(64)33-38-71(80)91(76)45-20-48-119(102,103)104/h8,11-12,17,21-24,27-40,49-53H,9-10,13-16,18-20,25-26,41-48,54-55H2,1-7H3,(H8-2,86,87,92,93,94,95,96,97,98,99,100,101,102,103,104,105,106,107,108,109,110,111,112,113,114,115,116)/p+2. The number of hydrogen-bond acceptors (Lipinski definition) is 19. The number of fused-ring (bicyclic) bond motifs is 8. The summed E-state index contributed by atoms with van der Waals surface area (Å²) in [7, 11) is -32.7. The number of anilines is 2. The van der Waals surface area contributed by atoms with Crippen molar-refractivity contribution in [3.05, 3.63) is 214 Å². The van der Waals surface area contributed by atoms with Crippen LogP contribution in [-0.4, -0.2) is 178 Å². The SMILES string of the molecule is CC1(C)C(=CC=CC2=[N+](CCCCCC(=O)O)c3ccc(S(=O)(=O)O)cc3C2(C)C)N(CCCS(=O)(=O)O)c2ccc(CNC(=O)c3ccc(CNC(=O)CCCCC[N+]4=C(C=CC=CC=C5N(CCCS(=O)(=O)O)c6ccc7ccc(S(=O)(=O)O)cc7c6C5(C)CCCS(=O)(=O)O)C(C)(C)c5c4ccc4c(S(=O)(=O)O)cc(S(=O)(=O)O)cc54)cc3)cc21. The van der Waals surface area contributed by atoms with E-state index in [4.69, 9.17) is 0 Å². The lowest BCUT2D eigenvalue weighted by molar-refractivity contribution is -0.438. The van der Waals surface area contributed by atoms with Crippen molar-refractivity contribution in [2.45, 2.75) is 180 Å². The van der Waals surface area contributed by atoms with Crippen LogP contribution in [-0.2, 0) is 115 Å². The van der Waals surface area contributed by atoms with Crippen molar-refractivity contribution >= 4 is 144 Å². The maximum absolute atomic E-state index is 13.8. The first kappa shape index (κ1) is 94.2. The highest BCUT2D eigenvalue weighted by atomic mass is 32.2. The lowest BCUT2D eigenvalue weighted by Crippen LogP contribution is -2.30. The number of rotatable bonds is 38. The third kappa shape index (κ3) is 21.7. The van der Waals surface area contributed by atoms with E-state index >= 15 is 0 Å². The van der Waals surface area contributed by atoms with Gasteiger partial charge in [0.1, 0.15) is 18.0 Å². The highest BCUT2D eigenvalue weighted by Gasteiger charge is 2.49. The Balaban J connectivity index is 0.774. The molecule has 31 nitrogen and oxygen atoms in total. The van der Waals surface area contributed by atoms with E-state index in [0.29, 0.717) is 113 Å². The molecule has 0 aliphatic carbocycles. The van der Waals surface area contributed by atoms with Gasteiger partial charge in [-0.05, 0) is 203 Å². The lowest BCUT2D eigenvalue weighted by atomic mass is 9.76. The Morgan fingerprint density at radius 2 is 0.943 bits per heavy atom. The molecule has 0 fully saturated rings. The quantitative estimate of drug-likeness (QED) is 0.00743. The number of nitrogens with zero attached hydrogens (tertiary/aromatic N) is 4. The van der Waals surface area contributed by atoms with Crippen molar-refractivity contribution in [2.24, 2.45) is 0 Å². The van der Waals surface area contributed by atoms with Crippen LogP contribution in [0.3, 0.4) is 0 Å². The van der Waals surface area contributed by atoms with Crippen molar-refractivity contribution in [3.8, 4) is 0 Å². The van der Waals surface area contributed by atoms with Crippen LogP contribution in [0.1, 0.15) is 169 Å². The lowest BCUT2D eigenvalue weighted by Gasteiger charge is -2.31. The third-order valence-corrected chi connectivity index (χ3v) is 29.0. The molecule has 10 N–H and O–H groups in total. The van der Waals surface area contributed by atoms with E-state index in [1.807, 2.05) is 87.4 Å². The number of carbonyl (C=O) groups is 3. The molecule has 1 unspecified atom stereocenters. The molecule has 0 spiro atoms. The normalized spacial score (nSPS) is 17.9. The first-order valence-corrected chi connectivity index (χ1v) is 50.2. The molecule has 38 heteroatoms. The number of benzene rings is 7. The summed E-state index contributed by atoms with van der Waals surface area (Å²) in [4.78, 5) is 40.0. The fourth-order valence-electron chi connectivity index (χ4n) is 17.3. The van der Waals surface area contributed by atoms with Crippen molar-refractivity contribution in [2.75, 3.05) is 53.2 Å². The first-order chi connectivity index (χ1) is 57.2. The van der Waals surface area contributed by atoms with Crippen LogP contribution in [0, 0.1) is 0 Å². The summed E-state index contributed by atoms with van der Waals surface area (Å²) >= 11 is 0. The first-order valence-electron chi connectivity index (χ1n) is 39.6. The van der Waals surface area contributed by atoms with Crippen LogP contribution < -0.4 is 20.4 Å². The van der Waals surface area contributed by atoms with E-state index < -0.39 is 130 Å². The Labute approximate surface area is 716 Å². The third-order valence-electron chi connectivity index (χ3n) is 23.2. The van der Waals surface area contributed by atoms with Gasteiger partial charge in [-0.25, -0.2) is 0 Å². The van der Waals surface area contributed by atoms with Crippen LogP contribution in [0.5, 0.6) is 0 Å². The number of aliphatic carboxylic acids is 1. The van der Waals surface area contributed by atoms with Crippen molar-refractivity contribution in [1.82, 2.24) is 10.6 Å². The van der Waals surface area contributed by atoms with Gasteiger partial charge < -0.3 is 25.5 Å². The molecule has 0 bridgehead atoms. The predicted molar refractivity (Wildman–Crippen MR) is 466 cm³/mol. The molecule has 4 heterocycles. The number of nitrogens with one attached hydrogen (secondary N) is 2. The molecule has 11 rings (SSSR count). The number of carboxylic acids is 1. The Kier molecular flexibility index (Phi) is 27.7. The molecule has 4 aliphatic rings. The fourth-order valence-corrected chi connectivity index (χ4v) is 21.1.